The van der Waals surface area contributed by atoms with E-state index in [1.807, 2.05) is 19.9 Å². The first kappa shape index (κ1) is 32.7. The number of hydrogen-bond acceptors (Lipinski definition) is 10. The van der Waals surface area contributed by atoms with Gasteiger partial charge < -0.3 is 44.9 Å². The van der Waals surface area contributed by atoms with Crippen molar-refractivity contribution in [2.75, 3.05) is 13.2 Å². The predicted octanol–water partition coefficient (Wildman–Crippen LogP) is 5.07. The number of hydrogen-bond donors (Lipinski definition) is 7. The number of ether oxygens (including phenoxy) is 1. The van der Waals surface area contributed by atoms with Crippen LogP contribution in [0.2, 0.25) is 0 Å². The van der Waals surface area contributed by atoms with Crippen molar-refractivity contribution in [3.05, 3.63) is 74.9 Å². The zero-order chi connectivity index (χ0) is 33.6. The van der Waals surface area contributed by atoms with Gasteiger partial charge in [-0.2, -0.15) is 0 Å². The second-order valence-corrected chi connectivity index (χ2v) is 13.4. The molecular weight excluding hydrogens is 604 g/mol. The lowest BCUT2D eigenvalue weighted by Gasteiger charge is -2.47. The number of phenolic OH excluding ortho intramolecular Hbond substituents is 3. The van der Waals surface area contributed by atoms with Gasteiger partial charge in [0.1, 0.15) is 40.1 Å². The number of aliphatic hydroxyl groups excluding tert-OH is 3. The average Bonchev–Trinajstić information content (AvgIpc) is 3.02. The maximum Gasteiger partial charge on any atom is 0.238 e. The molecule has 250 valence electrons. The maximum absolute atomic E-state index is 14.1. The molecule has 1 aromatic heterocycles. The Morgan fingerprint density at radius 3 is 2.43 bits per heavy atom. The molecule has 4 aromatic rings. The van der Waals surface area contributed by atoms with Crippen LogP contribution in [0.1, 0.15) is 67.7 Å². The summed E-state index contributed by atoms with van der Waals surface area (Å²) < 4.78 is 12.6. The molecule has 2 heterocycles. The zero-order valence-corrected chi connectivity index (χ0v) is 26.5. The van der Waals surface area contributed by atoms with Crippen molar-refractivity contribution in [3.63, 3.8) is 0 Å². The minimum absolute atomic E-state index is 0.0247. The van der Waals surface area contributed by atoms with Gasteiger partial charge >= 0.3 is 0 Å². The van der Waals surface area contributed by atoms with E-state index in [0.717, 1.165) is 5.56 Å². The van der Waals surface area contributed by atoms with E-state index in [-0.39, 0.29) is 77.1 Å². The van der Waals surface area contributed by atoms with Crippen molar-refractivity contribution in [2.45, 2.75) is 70.5 Å². The lowest BCUT2D eigenvalue weighted by molar-refractivity contribution is -0.0795. The normalized spacial score (nSPS) is 22.2. The smallest absolute Gasteiger partial charge is 0.238 e. The van der Waals surface area contributed by atoms with Crippen LogP contribution in [0.3, 0.4) is 0 Å². The van der Waals surface area contributed by atoms with E-state index < -0.39 is 29.3 Å². The Labute approximate surface area is 272 Å². The third kappa shape index (κ3) is 6.01. The van der Waals surface area contributed by atoms with Crippen LogP contribution in [-0.2, 0) is 12.8 Å². The SMILES string of the molecule is CC(C)Cc1cc(-c2oc3cc(O)c4c(c3c(=O)c2O)OC2C(CO)C(O)CCC2C4CCCO)cc(Cc2cccc(O)c2)c1O. The van der Waals surface area contributed by atoms with Gasteiger partial charge in [0, 0.05) is 42.1 Å². The van der Waals surface area contributed by atoms with Gasteiger partial charge in [-0.15, -0.1) is 0 Å². The number of aromatic hydroxyl groups is 4. The minimum Gasteiger partial charge on any atom is -0.508 e. The van der Waals surface area contributed by atoms with E-state index in [4.69, 9.17) is 9.15 Å². The van der Waals surface area contributed by atoms with Crippen LogP contribution < -0.4 is 10.2 Å². The van der Waals surface area contributed by atoms with Crippen molar-refractivity contribution in [2.24, 2.45) is 17.8 Å². The topological polar surface area (TPSA) is 181 Å². The molecule has 1 saturated carbocycles. The number of fused-ring (bicyclic) bond motifs is 4. The van der Waals surface area contributed by atoms with Crippen LogP contribution in [0, 0.1) is 17.8 Å². The zero-order valence-electron chi connectivity index (χ0n) is 26.5. The second-order valence-electron chi connectivity index (χ2n) is 13.4. The molecule has 0 saturated heterocycles. The van der Waals surface area contributed by atoms with Gasteiger partial charge in [0.05, 0.1) is 12.7 Å². The summed E-state index contributed by atoms with van der Waals surface area (Å²) in [6, 6.07) is 11.3. The van der Waals surface area contributed by atoms with Gasteiger partial charge in [-0.05, 0) is 84.9 Å². The molecular formula is C37H42O10. The van der Waals surface area contributed by atoms with Gasteiger partial charge in [0.15, 0.2) is 5.76 Å². The van der Waals surface area contributed by atoms with Crippen molar-refractivity contribution < 1.29 is 44.9 Å². The molecule has 10 nitrogen and oxygen atoms in total. The summed E-state index contributed by atoms with van der Waals surface area (Å²) in [5, 5.41) is 74.5. The van der Waals surface area contributed by atoms with Crippen molar-refractivity contribution in [3.8, 4) is 40.1 Å². The molecule has 5 unspecified atom stereocenters. The molecule has 1 aliphatic carbocycles. The minimum atomic E-state index is -0.815. The molecule has 0 bridgehead atoms. The molecule has 0 spiro atoms. The van der Waals surface area contributed by atoms with Crippen LogP contribution in [0.5, 0.6) is 28.7 Å². The Bertz CT molecular complexity index is 1840. The Morgan fingerprint density at radius 1 is 0.957 bits per heavy atom. The fourth-order valence-electron chi connectivity index (χ4n) is 7.62. The molecule has 5 atom stereocenters. The Kier molecular flexibility index (Phi) is 9.11. The van der Waals surface area contributed by atoms with E-state index >= 15 is 0 Å². The summed E-state index contributed by atoms with van der Waals surface area (Å²) in [7, 11) is 0. The van der Waals surface area contributed by atoms with Gasteiger partial charge in [0.2, 0.25) is 11.2 Å². The number of benzene rings is 3. The maximum atomic E-state index is 14.1. The average molecular weight is 647 g/mol. The highest BCUT2D eigenvalue weighted by molar-refractivity contribution is 5.91. The summed E-state index contributed by atoms with van der Waals surface area (Å²) in [5.74, 6) is -1.74. The molecule has 1 fully saturated rings. The first-order valence-corrected chi connectivity index (χ1v) is 16.3. The highest BCUT2D eigenvalue weighted by Crippen LogP contribution is 2.54. The van der Waals surface area contributed by atoms with E-state index in [9.17, 15) is 40.5 Å². The quantitative estimate of drug-likeness (QED) is 0.130. The Balaban J connectivity index is 1.53. The van der Waals surface area contributed by atoms with Gasteiger partial charge in [-0.25, -0.2) is 0 Å². The van der Waals surface area contributed by atoms with Crippen molar-refractivity contribution >= 4 is 11.0 Å². The molecule has 0 amide bonds. The standard InChI is InChI=1S/C37H42O10/c1-18(2)11-20-14-22(15-21(32(20)43)12-19-5-3-6-23(40)13-19)35-34(45)33(44)31-29(46-35)16-28(42)30-24(7-4-10-38)25-8-9-27(41)26(17-39)36(25)47-37(30)31/h3,5-6,13-16,18,24-27,36,38-43,45H,4,7-12,17H2,1-2H3. The molecule has 7 N–H and O–H groups in total. The van der Waals surface area contributed by atoms with Gasteiger partial charge in [-0.3, -0.25) is 4.79 Å². The van der Waals surface area contributed by atoms with Crippen LogP contribution in [-0.4, -0.2) is 61.2 Å². The molecule has 3 aromatic carbocycles. The van der Waals surface area contributed by atoms with Crippen molar-refractivity contribution in [1.82, 2.24) is 0 Å². The summed E-state index contributed by atoms with van der Waals surface area (Å²) in [6.45, 7) is 3.60. The summed E-state index contributed by atoms with van der Waals surface area (Å²) in [6.07, 6.45) is 1.20. The number of aliphatic hydroxyl groups is 3. The summed E-state index contributed by atoms with van der Waals surface area (Å²) >= 11 is 0. The molecule has 10 heteroatoms. The molecule has 1 aliphatic heterocycles. The van der Waals surface area contributed by atoms with Crippen LogP contribution in [0.25, 0.3) is 22.3 Å². The number of rotatable bonds is 9. The lowest BCUT2D eigenvalue weighted by Crippen LogP contribution is -2.51. The first-order valence-electron chi connectivity index (χ1n) is 16.3. The van der Waals surface area contributed by atoms with Crippen LogP contribution in [0.4, 0.5) is 0 Å². The Morgan fingerprint density at radius 2 is 1.72 bits per heavy atom. The fourth-order valence-corrected chi connectivity index (χ4v) is 7.62. The van der Waals surface area contributed by atoms with Crippen LogP contribution >= 0.6 is 0 Å². The predicted molar refractivity (Wildman–Crippen MR) is 175 cm³/mol. The van der Waals surface area contributed by atoms with E-state index in [1.54, 1.807) is 30.3 Å². The van der Waals surface area contributed by atoms with E-state index in [0.29, 0.717) is 54.4 Å². The molecule has 6 rings (SSSR count). The molecule has 0 radical (unpaired) electrons. The molecule has 47 heavy (non-hydrogen) atoms. The number of phenols is 3. The first-order chi connectivity index (χ1) is 22.5. The Hall–Kier alpha value is -4.25. The highest BCUT2D eigenvalue weighted by atomic mass is 16.5. The summed E-state index contributed by atoms with van der Waals surface area (Å²) in [5.41, 5.74) is 1.78. The second kappa shape index (κ2) is 13.1. The summed E-state index contributed by atoms with van der Waals surface area (Å²) in [4.78, 5) is 14.1. The van der Waals surface area contributed by atoms with Gasteiger partial charge in [0.25, 0.3) is 0 Å². The van der Waals surface area contributed by atoms with E-state index in [2.05, 4.69) is 0 Å². The largest absolute Gasteiger partial charge is 0.508 e. The highest BCUT2D eigenvalue weighted by Gasteiger charge is 2.48. The van der Waals surface area contributed by atoms with E-state index in [1.165, 1.54) is 6.07 Å². The molecule has 2 aliphatic rings. The van der Waals surface area contributed by atoms with Crippen molar-refractivity contribution in [1.29, 1.82) is 0 Å². The van der Waals surface area contributed by atoms with Gasteiger partial charge in [-0.1, -0.05) is 26.0 Å². The fraction of sp³-hybridized carbons (Fsp3) is 0.432. The third-order valence-electron chi connectivity index (χ3n) is 9.75. The third-order valence-corrected chi connectivity index (χ3v) is 9.75. The lowest BCUT2D eigenvalue weighted by atomic mass is 9.66. The monoisotopic (exact) mass is 646 g/mol. The van der Waals surface area contributed by atoms with Crippen LogP contribution in [0.15, 0.2) is 51.7 Å².